The minimum absolute atomic E-state index is 0.0623. The van der Waals surface area contributed by atoms with Crippen molar-refractivity contribution in [2.45, 2.75) is 18.7 Å². The number of hydrogen-bond acceptors (Lipinski definition) is 3. The Balaban J connectivity index is 2.43. The monoisotopic (exact) mass is 374 g/mol. The van der Waals surface area contributed by atoms with Gasteiger partial charge < -0.3 is 0 Å². The fraction of sp³-hybridized carbons (Fsp3) is 0.154. The van der Waals surface area contributed by atoms with Gasteiger partial charge in [0.05, 0.1) is 0 Å². The van der Waals surface area contributed by atoms with Crippen molar-refractivity contribution < 1.29 is 8.42 Å². The van der Waals surface area contributed by atoms with Crippen molar-refractivity contribution in [2.24, 2.45) is 0 Å². The summed E-state index contributed by atoms with van der Waals surface area (Å²) >= 11 is 9.04. The molecule has 2 rings (SSSR count). The van der Waals surface area contributed by atoms with E-state index >= 15 is 0 Å². The molecule has 4 nitrogen and oxygen atoms in total. The third-order valence-electron chi connectivity index (χ3n) is 2.54. The van der Waals surface area contributed by atoms with Gasteiger partial charge in [0.15, 0.2) is 0 Å². The van der Waals surface area contributed by atoms with E-state index < -0.39 is 10.0 Å². The molecule has 1 heterocycles. The molecule has 7 heteroatoms. The highest BCUT2D eigenvalue weighted by Gasteiger charge is 2.19. The number of anilines is 1. The van der Waals surface area contributed by atoms with E-state index in [4.69, 9.17) is 11.6 Å². The Kier molecular flexibility index (Phi) is 4.36. The van der Waals surface area contributed by atoms with Crippen LogP contribution in [0.1, 0.15) is 11.1 Å². The maximum Gasteiger partial charge on any atom is 0.265 e. The van der Waals surface area contributed by atoms with Gasteiger partial charge in [-0.2, -0.15) is 0 Å². The molecule has 106 valence electrons. The Labute approximate surface area is 131 Å². The van der Waals surface area contributed by atoms with Crippen LogP contribution in [0.25, 0.3) is 0 Å². The van der Waals surface area contributed by atoms with Gasteiger partial charge in [-0.3, -0.25) is 4.72 Å². The van der Waals surface area contributed by atoms with Crippen molar-refractivity contribution in [1.82, 2.24) is 4.98 Å². The molecule has 0 amide bonds. The van der Waals surface area contributed by atoms with Crippen LogP contribution in [0.15, 0.2) is 39.8 Å². The molecule has 0 atom stereocenters. The number of benzene rings is 1. The van der Waals surface area contributed by atoms with Crippen molar-refractivity contribution in [3.63, 3.8) is 0 Å². The van der Waals surface area contributed by atoms with Gasteiger partial charge in [-0.25, -0.2) is 13.4 Å². The third kappa shape index (κ3) is 3.50. The zero-order chi connectivity index (χ0) is 14.9. The molecule has 1 N–H and O–H groups in total. The Hall–Kier alpha value is -1.11. The molecule has 0 aliphatic heterocycles. The fourth-order valence-electron chi connectivity index (χ4n) is 1.84. The predicted molar refractivity (Wildman–Crippen MR) is 83.7 cm³/mol. The Morgan fingerprint density at radius 1 is 1.15 bits per heavy atom. The van der Waals surface area contributed by atoms with Crippen molar-refractivity contribution in [3.05, 3.63) is 51.2 Å². The first-order valence-corrected chi connectivity index (χ1v) is 8.35. The molecule has 20 heavy (non-hydrogen) atoms. The first-order chi connectivity index (χ1) is 9.28. The van der Waals surface area contributed by atoms with Gasteiger partial charge in [0.25, 0.3) is 10.0 Å². The highest BCUT2D eigenvalue weighted by Crippen LogP contribution is 2.25. The summed E-state index contributed by atoms with van der Waals surface area (Å²) in [6.45, 7) is 3.80. The van der Waals surface area contributed by atoms with Crippen LogP contribution in [0.2, 0.25) is 5.15 Å². The van der Waals surface area contributed by atoms with Crippen LogP contribution >= 0.6 is 27.5 Å². The quantitative estimate of drug-likeness (QED) is 0.827. The van der Waals surface area contributed by atoms with E-state index in [-0.39, 0.29) is 10.0 Å². The maximum absolute atomic E-state index is 12.3. The lowest BCUT2D eigenvalue weighted by Crippen LogP contribution is -2.14. The first-order valence-electron chi connectivity index (χ1n) is 5.70. The second kappa shape index (κ2) is 5.71. The predicted octanol–water partition coefficient (Wildman–Crippen LogP) is 3.92. The van der Waals surface area contributed by atoms with Gasteiger partial charge in [0, 0.05) is 16.4 Å². The molecular formula is C13H12BrClN2O2S. The summed E-state index contributed by atoms with van der Waals surface area (Å²) in [5.41, 5.74) is 2.45. The Morgan fingerprint density at radius 3 is 2.35 bits per heavy atom. The van der Waals surface area contributed by atoms with Crippen LogP contribution in [-0.4, -0.2) is 13.4 Å². The number of sulfonamides is 1. The highest BCUT2D eigenvalue weighted by atomic mass is 79.9. The fourth-order valence-corrected chi connectivity index (χ4v) is 3.82. The van der Waals surface area contributed by atoms with E-state index in [1.807, 2.05) is 19.9 Å². The van der Waals surface area contributed by atoms with Gasteiger partial charge >= 0.3 is 0 Å². The Bertz CT molecular complexity index is 743. The molecule has 1 aromatic carbocycles. The number of pyridine rings is 1. The van der Waals surface area contributed by atoms with Crippen LogP contribution in [0.5, 0.6) is 0 Å². The molecule has 2 aromatic rings. The lowest BCUT2D eigenvalue weighted by atomic mass is 10.1. The molecule has 0 radical (unpaired) electrons. The van der Waals surface area contributed by atoms with E-state index in [0.717, 1.165) is 11.1 Å². The molecule has 0 saturated carbocycles. The van der Waals surface area contributed by atoms with E-state index in [9.17, 15) is 8.42 Å². The minimum Gasteiger partial charge on any atom is -0.280 e. The standard InChI is InChI=1S/C13H12BrClN2O2S/c1-8-3-9(2)5-11(4-8)17-20(18,19)12-6-10(14)7-16-13(12)15/h3-7,17H,1-2H3. The molecule has 1 aromatic heterocycles. The Morgan fingerprint density at radius 2 is 1.75 bits per heavy atom. The number of nitrogens with zero attached hydrogens (tertiary/aromatic N) is 1. The van der Waals surface area contributed by atoms with E-state index in [1.165, 1.54) is 12.3 Å². The molecule has 0 bridgehead atoms. The van der Waals surface area contributed by atoms with Gasteiger partial charge in [-0.05, 0) is 59.1 Å². The maximum atomic E-state index is 12.3. The van der Waals surface area contributed by atoms with E-state index in [1.54, 1.807) is 12.1 Å². The van der Waals surface area contributed by atoms with Crippen LogP contribution in [-0.2, 0) is 10.0 Å². The van der Waals surface area contributed by atoms with Crippen LogP contribution in [0.3, 0.4) is 0 Å². The number of aryl methyl sites for hydroxylation is 2. The number of rotatable bonds is 3. The second-order valence-corrected chi connectivity index (χ2v) is 7.35. The molecule has 0 fully saturated rings. The van der Waals surface area contributed by atoms with Gasteiger partial charge in [-0.15, -0.1) is 0 Å². The van der Waals surface area contributed by atoms with Crippen molar-refractivity contribution in [1.29, 1.82) is 0 Å². The lowest BCUT2D eigenvalue weighted by Gasteiger charge is -2.10. The number of halogens is 2. The molecule has 0 saturated heterocycles. The van der Waals surface area contributed by atoms with Crippen LogP contribution in [0, 0.1) is 13.8 Å². The summed E-state index contributed by atoms with van der Waals surface area (Å²) in [4.78, 5) is 3.76. The summed E-state index contributed by atoms with van der Waals surface area (Å²) < 4.78 is 27.7. The molecular weight excluding hydrogens is 364 g/mol. The zero-order valence-electron chi connectivity index (χ0n) is 10.8. The van der Waals surface area contributed by atoms with Crippen molar-refractivity contribution in [2.75, 3.05) is 4.72 Å². The summed E-state index contributed by atoms with van der Waals surface area (Å²) in [7, 11) is -3.77. The summed E-state index contributed by atoms with van der Waals surface area (Å²) in [5.74, 6) is 0. The number of hydrogen-bond donors (Lipinski definition) is 1. The van der Waals surface area contributed by atoms with Gasteiger partial charge in [0.1, 0.15) is 10.0 Å². The molecule has 0 spiro atoms. The van der Waals surface area contributed by atoms with Crippen molar-refractivity contribution >= 4 is 43.2 Å². The molecule has 0 aliphatic carbocycles. The SMILES string of the molecule is Cc1cc(C)cc(NS(=O)(=O)c2cc(Br)cnc2Cl)c1. The molecule has 0 aliphatic rings. The summed E-state index contributed by atoms with van der Waals surface area (Å²) in [6.07, 6.45) is 1.44. The smallest absolute Gasteiger partial charge is 0.265 e. The van der Waals surface area contributed by atoms with E-state index in [0.29, 0.717) is 10.2 Å². The van der Waals surface area contributed by atoms with Crippen LogP contribution < -0.4 is 4.72 Å². The number of nitrogens with one attached hydrogen (secondary N) is 1. The number of aromatic nitrogens is 1. The lowest BCUT2D eigenvalue weighted by molar-refractivity contribution is 0.601. The van der Waals surface area contributed by atoms with Crippen LogP contribution in [0.4, 0.5) is 5.69 Å². The summed E-state index contributed by atoms with van der Waals surface area (Å²) in [6, 6.07) is 6.89. The third-order valence-corrected chi connectivity index (χ3v) is 4.78. The van der Waals surface area contributed by atoms with Crippen molar-refractivity contribution in [3.8, 4) is 0 Å². The normalized spacial score (nSPS) is 11.4. The largest absolute Gasteiger partial charge is 0.280 e. The zero-order valence-corrected chi connectivity index (χ0v) is 14.0. The van der Waals surface area contributed by atoms with Gasteiger partial charge in [-0.1, -0.05) is 17.7 Å². The minimum atomic E-state index is -3.77. The first kappa shape index (κ1) is 15.3. The average Bonchev–Trinajstić information content (AvgIpc) is 2.30. The molecule has 0 unspecified atom stereocenters. The average molecular weight is 376 g/mol. The second-order valence-electron chi connectivity index (χ2n) is 4.42. The van der Waals surface area contributed by atoms with E-state index in [2.05, 4.69) is 25.6 Å². The highest BCUT2D eigenvalue weighted by molar-refractivity contribution is 9.10. The summed E-state index contributed by atoms with van der Waals surface area (Å²) in [5, 5.41) is -0.0647. The topological polar surface area (TPSA) is 59.1 Å². The van der Waals surface area contributed by atoms with Gasteiger partial charge in [0.2, 0.25) is 0 Å².